The Hall–Kier alpha value is -2.77. The van der Waals surface area contributed by atoms with Crippen molar-refractivity contribution >= 4 is 23.6 Å². The summed E-state index contributed by atoms with van der Waals surface area (Å²) in [6.07, 6.45) is 0.585. The van der Waals surface area contributed by atoms with Gasteiger partial charge in [0.15, 0.2) is 0 Å². The fraction of sp³-hybridized carbons (Fsp3) is 0.250. The first-order valence-corrected chi connectivity index (χ1v) is 5.79. The topological polar surface area (TPSA) is 142 Å². The van der Waals surface area contributed by atoms with Crippen LogP contribution in [0.4, 0.5) is 10.5 Å². The minimum absolute atomic E-state index is 0.169. The van der Waals surface area contributed by atoms with Crippen LogP contribution in [-0.2, 0) is 4.79 Å². The average molecular weight is 281 g/mol. The third-order valence-electron chi connectivity index (χ3n) is 2.37. The second kappa shape index (κ2) is 6.98. The summed E-state index contributed by atoms with van der Waals surface area (Å²) < 4.78 is 0. The molecule has 0 aliphatic carbocycles. The number of carboxylic acid groups (broad SMARTS) is 1. The smallest absolute Gasteiger partial charge is 0.339 e. The van der Waals surface area contributed by atoms with E-state index in [1.54, 1.807) is 0 Å². The SMILES string of the molecule is NC(=O)CCCNC(=O)Nc1ccc(O)c(C(=O)O)c1. The highest BCUT2D eigenvalue weighted by Crippen LogP contribution is 2.21. The predicted molar refractivity (Wildman–Crippen MR) is 70.5 cm³/mol. The van der Waals surface area contributed by atoms with Gasteiger partial charge in [0.2, 0.25) is 5.91 Å². The van der Waals surface area contributed by atoms with Gasteiger partial charge in [0.1, 0.15) is 11.3 Å². The van der Waals surface area contributed by atoms with E-state index in [1.165, 1.54) is 12.1 Å². The molecule has 0 aliphatic rings. The van der Waals surface area contributed by atoms with Gasteiger partial charge in [0, 0.05) is 18.7 Å². The van der Waals surface area contributed by atoms with Crippen LogP contribution in [0.25, 0.3) is 0 Å². The van der Waals surface area contributed by atoms with Crippen LogP contribution < -0.4 is 16.4 Å². The van der Waals surface area contributed by atoms with Crippen molar-refractivity contribution in [3.8, 4) is 5.75 Å². The molecule has 0 unspecified atom stereocenters. The third-order valence-corrected chi connectivity index (χ3v) is 2.37. The number of carbonyl (C=O) groups excluding carboxylic acids is 2. The summed E-state index contributed by atoms with van der Waals surface area (Å²) in [4.78, 5) is 32.8. The third kappa shape index (κ3) is 4.84. The fourth-order valence-electron chi connectivity index (χ4n) is 1.42. The van der Waals surface area contributed by atoms with Gasteiger partial charge < -0.3 is 26.6 Å². The van der Waals surface area contributed by atoms with Gasteiger partial charge in [0.05, 0.1) is 0 Å². The second-order valence-electron chi connectivity index (χ2n) is 3.99. The molecule has 0 saturated heterocycles. The van der Waals surface area contributed by atoms with Gasteiger partial charge >= 0.3 is 12.0 Å². The van der Waals surface area contributed by atoms with E-state index in [-0.39, 0.29) is 30.0 Å². The van der Waals surface area contributed by atoms with Crippen molar-refractivity contribution in [3.05, 3.63) is 23.8 Å². The van der Waals surface area contributed by atoms with E-state index in [2.05, 4.69) is 10.6 Å². The van der Waals surface area contributed by atoms with Gasteiger partial charge in [-0.15, -0.1) is 0 Å². The van der Waals surface area contributed by atoms with E-state index in [0.717, 1.165) is 6.07 Å². The van der Waals surface area contributed by atoms with Gasteiger partial charge in [-0.2, -0.15) is 0 Å². The zero-order valence-corrected chi connectivity index (χ0v) is 10.5. The van der Waals surface area contributed by atoms with Crippen LogP contribution >= 0.6 is 0 Å². The Balaban J connectivity index is 2.52. The van der Waals surface area contributed by atoms with Gasteiger partial charge in [-0.25, -0.2) is 9.59 Å². The quantitative estimate of drug-likeness (QED) is 0.381. The molecule has 0 spiro atoms. The molecule has 1 aromatic rings. The molecule has 1 aromatic carbocycles. The van der Waals surface area contributed by atoms with Crippen molar-refractivity contribution < 1.29 is 24.6 Å². The Labute approximate surface area is 114 Å². The first-order chi connectivity index (χ1) is 9.40. The molecule has 0 aliphatic heterocycles. The number of anilines is 1. The molecule has 8 heteroatoms. The van der Waals surface area contributed by atoms with Gasteiger partial charge in [-0.3, -0.25) is 4.79 Å². The molecule has 0 aromatic heterocycles. The number of carboxylic acids is 1. The molecule has 20 heavy (non-hydrogen) atoms. The molecule has 0 atom stereocenters. The molecule has 108 valence electrons. The Morgan fingerprint density at radius 2 is 1.95 bits per heavy atom. The van der Waals surface area contributed by atoms with E-state index in [0.29, 0.717) is 6.42 Å². The molecule has 0 fully saturated rings. The highest BCUT2D eigenvalue weighted by Gasteiger charge is 2.11. The number of rotatable bonds is 6. The summed E-state index contributed by atoms with van der Waals surface area (Å²) >= 11 is 0. The Morgan fingerprint density at radius 1 is 1.25 bits per heavy atom. The molecule has 1 rings (SSSR count). The molecule has 0 bridgehead atoms. The maximum Gasteiger partial charge on any atom is 0.339 e. The van der Waals surface area contributed by atoms with Crippen molar-refractivity contribution in [1.82, 2.24) is 5.32 Å². The normalized spacial score (nSPS) is 9.80. The largest absolute Gasteiger partial charge is 0.507 e. The molecular weight excluding hydrogens is 266 g/mol. The number of benzene rings is 1. The van der Waals surface area contributed by atoms with Crippen LogP contribution in [-0.4, -0.2) is 34.7 Å². The highest BCUT2D eigenvalue weighted by atomic mass is 16.4. The van der Waals surface area contributed by atoms with Crippen LogP contribution in [0.15, 0.2) is 18.2 Å². The minimum atomic E-state index is -1.30. The Kier molecular flexibility index (Phi) is 5.33. The lowest BCUT2D eigenvalue weighted by molar-refractivity contribution is -0.118. The maximum atomic E-state index is 11.5. The number of hydrogen-bond donors (Lipinski definition) is 5. The van der Waals surface area contributed by atoms with E-state index >= 15 is 0 Å². The number of amides is 3. The summed E-state index contributed by atoms with van der Waals surface area (Å²) in [7, 11) is 0. The first-order valence-electron chi connectivity index (χ1n) is 5.79. The Morgan fingerprint density at radius 3 is 2.55 bits per heavy atom. The van der Waals surface area contributed by atoms with E-state index in [9.17, 15) is 19.5 Å². The lowest BCUT2D eigenvalue weighted by Crippen LogP contribution is -2.30. The van der Waals surface area contributed by atoms with Crippen molar-refractivity contribution in [2.24, 2.45) is 5.73 Å². The molecule has 0 heterocycles. The number of urea groups is 1. The van der Waals surface area contributed by atoms with E-state index in [4.69, 9.17) is 10.8 Å². The summed E-state index contributed by atoms with van der Waals surface area (Å²) in [5, 5.41) is 23.0. The molecular formula is C12H15N3O5. The number of aromatic carboxylic acids is 1. The second-order valence-corrected chi connectivity index (χ2v) is 3.99. The fourth-order valence-corrected chi connectivity index (χ4v) is 1.42. The zero-order chi connectivity index (χ0) is 15.1. The van der Waals surface area contributed by atoms with E-state index in [1.807, 2.05) is 0 Å². The number of aromatic hydroxyl groups is 1. The molecule has 0 saturated carbocycles. The van der Waals surface area contributed by atoms with Gasteiger partial charge in [-0.1, -0.05) is 0 Å². The maximum absolute atomic E-state index is 11.5. The number of carbonyl (C=O) groups is 3. The molecule has 6 N–H and O–H groups in total. The highest BCUT2D eigenvalue weighted by molar-refractivity contribution is 5.95. The standard InChI is InChI=1S/C12H15N3O5/c13-10(17)2-1-5-14-12(20)15-7-3-4-9(16)8(6-7)11(18)19/h3-4,6,16H,1-2,5H2,(H2,13,17)(H,18,19)(H2,14,15,20). The number of hydrogen-bond acceptors (Lipinski definition) is 4. The van der Waals surface area contributed by atoms with Crippen molar-refractivity contribution in [2.45, 2.75) is 12.8 Å². The lowest BCUT2D eigenvalue weighted by atomic mass is 10.2. The van der Waals surface area contributed by atoms with Crippen molar-refractivity contribution in [2.75, 3.05) is 11.9 Å². The number of nitrogens with two attached hydrogens (primary N) is 1. The van der Waals surface area contributed by atoms with Crippen LogP contribution in [0.3, 0.4) is 0 Å². The number of nitrogens with one attached hydrogen (secondary N) is 2. The summed E-state index contributed by atoms with van der Waals surface area (Å²) in [6, 6.07) is 3.13. The van der Waals surface area contributed by atoms with Gasteiger partial charge in [0.25, 0.3) is 0 Å². The van der Waals surface area contributed by atoms with Crippen molar-refractivity contribution in [1.29, 1.82) is 0 Å². The monoisotopic (exact) mass is 281 g/mol. The number of primary amides is 1. The molecule has 0 radical (unpaired) electrons. The summed E-state index contributed by atoms with van der Waals surface area (Å²) in [5.41, 5.74) is 4.87. The first kappa shape index (κ1) is 15.3. The van der Waals surface area contributed by atoms with Crippen LogP contribution in [0.5, 0.6) is 5.75 Å². The molecule has 8 nitrogen and oxygen atoms in total. The van der Waals surface area contributed by atoms with Gasteiger partial charge in [-0.05, 0) is 24.6 Å². The van der Waals surface area contributed by atoms with Crippen LogP contribution in [0.1, 0.15) is 23.2 Å². The average Bonchev–Trinajstić information content (AvgIpc) is 2.36. The van der Waals surface area contributed by atoms with Crippen molar-refractivity contribution in [3.63, 3.8) is 0 Å². The minimum Gasteiger partial charge on any atom is -0.507 e. The zero-order valence-electron chi connectivity index (χ0n) is 10.5. The summed E-state index contributed by atoms with van der Waals surface area (Å²) in [6.45, 7) is 0.263. The van der Waals surface area contributed by atoms with E-state index < -0.39 is 17.9 Å². The number of phenols is 1. The van der Waals surface area contributed by atoms with Crippen LogP contribution in [0.2, 0.25) is 0 Å². The lowest BCUT2D eigenvalue weighted by Gasteiger charge is -2.08. The van der Waals surface area contributed by atoms with Crippen LogP contribution in [0, 0.1) is 0 Å². The predicted octanol–water partition coefficient (Wildman–Crippen LogP) is 0.477. The molecule has 3 amide bonds. The Bertz CT molecular complexity index is 530. The summed E-state index contributed by atoms with van der Waals surface area (Å²) in [5.74, 6) is -2.13.